The fourth-order valence-corrected chi connectivity index (χ4v) is 3.09. The highest BCUT2D eigenvalue weighted by molar-refractivity contribution is 7.09. The molecule has 1 saturated carbocycles. The maximum Gasteiger partial charge on any atom is 0.0898 e. The van der Waals surface area contributed by atoms with E-state index in [1.54, 1.807) is 11.3 Å². The molecule has 2 aromatic rings. The number of thiazole rings is 1. The van der Waals surface area contributed by atoms with E-state index in [2.05, 4.69) is 34.6 Å². The Morgan fingerprint density at radius 3 is 2.83 bits per heavy atom. The summed E-state index contributed by atoms with van der Waals surface area (Å²) >= 11 is 1.66. The smallest absolute Gasteiger partial charge is 0.0898 e. The molecule has 1 aliphatic carbocycles. The minimum atomic E-state index is -0.0880. The molecule has 0 bridgehead atoms. The first-order valence-corrected chi connectivity index (χ1v) is 7.39. The molecule has 2 N–H and O–H groups in total. The summed E-state index contributed by atoms with van der Waals surface area (Å²) in [6.07, 6.45) is 4.02. The van der Waals surface area contributed by atoms with Crippen LogP contribution in [0, 0.1) is 6.92 Å². The Hall–Kier alpha value is -1.19. The first kappa shape index (κ1) is 11.9. The van der Waals surface area contributed by atoms with Crippen LogP contribution in [0.1, 0.15) is 53.1 Å². The highest BCUT2D eigenvalue weighted by Crippen LogP contribution is 2.37. The lowest BCUT2D eigenvalue weighted by Crippen LogP contribution is -2.14. The standard InChI is InChI=1S/C15H18N2S/c1-10-17-14(9-18-10)15(16)13-7-3-6-12(8-13)11-4-2-5-11/h3,6-9,11,15H,2,4-5,16H2,1H3. The van der Waals surface area contributed by atoms with Crippen LogP contribution < -0.4 is 5.73 Å². The van der Waals surface area contributed by atoms with Gasteiger partial charge in [0.05, 0.1) is 16.7 Å². The fourth-order valence-electron chi connectivity index (χ4n) is 2.44. The number of benzene rings is 1. The maximum atomic E-state index is 6.30. The summed E-state index contributed by atoms with van der Waals surface area (Å²) < 4.78 is 0. The number of nitrogens with zero attached hydrogens (tertiary/aromatic N) is 1. The van der Waals surface area contributed by atoms with Crippen molar-refractivity contribution in [2.45, 2.75) is 38.1 Å². The number of aryl methyl sites for hydroxylation is 1. The Morgan fingerprint density at radius 2 is 2.22 bits per heavy atom. The molecule has 18 heavy (non-hydrogen) atoms. The molecule has 1 aromatic carbocycles. The summed E-state index contributed by atoms with van der Waals surface area (Å²) in [7, 11) is 0. The third-order valence-electron chi connectivity index (χ3n) is 3.80. The number of aromatic nitrogens is 1. The first-order chi connectivity index (χ1) is 8.74. The zero-order chi connectivity index (χ0) is 12.5. The lowest BCUT2D eigenvalue weighted by Gasteiger charge is -2.26. The van der Waals surface area contributed by atoms with Crippen LogP contribution in [-0.4, -0.2) is 4.98 Å². The average Bonchev–Trinajstić information content (AvgIpc) is 2.73. The van der Waals surface area contributed by atoms with Gasteiger partial charge in [0.2, 0.25) is 0 Å². The molecule has 1 heterocycles. The number of nitrogens with two attached hydrogens (primary N) is 1. The Bertz CT molecular complexity index is 543. The summed E-state index contributed by atoms with van der Waals surface area (Å²) in [4.78, 5) is 4.49. The number of hydrogen-bond acceptors (Lipinski definition) is 3. The highest BCUT2D eigenvalue weighted by atomic mass is 32.1. The SMILES string of the molecule is Cc1nc(C(N)c2cccc(C3CCC3)c2)cs1. The van der Waals surface area contributed by atoms with Crippen molar-refractivity contribution in [3.05, 3.63) is 51.5 Å². The monoisotopic (exact) mass is 258 g/mol. The second-order valence-corrected chi connectivity index (χ2v) is 6.13. The molecule has 2 nitrogen and oxygen atoms in total. The van der Waals surface area contributed by atoms with Gasteiger partial charge in [-0.25, -0.2) is 4.98 Å². The highest BCUT2D eigenvalue weighted by Gasteiger charge is 2.20. The molecule has 94 valence electrons. The zero-order valence-electron chi connectivity index (χ0n) is 10.6. The largest absolute Gasteiger partial charge is 0.319 e. The minimum Gasteiger partial charge on any atom is -0.319 e. The van der Waals surface area contributed by atoms with E-state index in [1.807, 2.05) is 6.92 Å². The normalized spacial score (nSPS) is 17.4. The van der Waals surface area contributed by atoms with Crippen molar-refractivity contribution < 1.29 is 0 Å². The Labute approximate surface area is 112 Å². The molecule has 1 aromatic heterocycles. The van der Waals surface area contributed by atoms with Gasteiger partial charge in [-0.2, -0.15) is 0 Å². The molecular weight excluding hydrogens is 240 g/mol. The van der Waals surface area contributed by atoms with Crippen LogP contribution in [0.2, 0.25) is 0 Å². The van der Waals surface area contributed by atoms with Crippen LogP contribution in [0.3, 0.4) is 0 Å². The average molecular weight is 258 g/mol. The Balaban J connectivity index is 1.86. The predicted octanol–water partition coefficient (Wildman–Crippen LogP) is 3.77. The van der Waals surface area contributed by atoms with E-state index >= 15 is 0 Å². The molecular formula is C15H18N2S. The van der Waals surface area contributed by atoms with E-state index in [0.29, 0.717) is 0 Å². The van der Waals surface area contributed by atoms with E-state index in [0.717, 1.165) is 16.6 Å². The van der Waals surface area contributed by atoms with Crippen LogP contribution in [-0.2, 0) is 0 Å². The van der Waals surface area contributed by atoms with E-state index < -0.39 is 0 Å². The van der Waals surface area contributed by atoms with Gasteiger partial charge in [-0.3, -0.25) is 0 Å². The second-order valence-electron chi connectivity index (χ2n) is 5.07. The van der Waals surface area contributed by atoms with Gasteiger partial charge >= 0.3 is 0 Å². The van der Waals surface area contributed by atoms with Crippen molar-refractivity contribution in [1.82, 2.24) is 4.98 Å². The summed E-state index contributed by atoms with van der Waals surface area (Å²) in [6.45, 7) is 2.02. The summed E-state index contributed by atoms with van der Waals surface area (Å²) in [5.74, 6) is 0.759. The summed E-state index contributed by atoms with van der Waals surface area (Å²) in [5, 5.41) is 3.14. The molecule has 1 unspecified atom stereocenters. The Kier molecular flexibility index (Phi) is 3.18. The van der Waals surface area contributed by atoms with E-state index in [-0.39, 0.29) is 6.04 Å². The molecule has 0 spiro atoms. The first-order valence-electron chi connectivity index (χ1n) is 6.51. The molecule has 1 aliphatic rings. The minimum absolute atomic E-state index is 0.0880. The molecule has 0 amide bonds. The lowest BCUT2D eigenvalue weighted by atomic mass is 9.79. The molecule has 3 heteroatoms. The number of rotatable bonds is 3. The summed E-state index contributed by atoms with van der Waals surface area (Å²) in [5.41, 5.74) is 9.92. The van der Waals surface area contributed by atoms with Crippen LogP contribution in [0.15, 0.2) is 29.6 Å². The molecule has 1 atom stereocenters. The Morgan fingerprint density at radius 1 is 1.39 bits per heavy atom. The zero-order valence-corrected chi connectivity index (χ0v) is 11.4. The van der Waals surface area contributed by atoms with E-state index in [9.17, 15) is 0 Å². The quantitative estimate of drug-likeness (QED) is 0.910. The molecule has 0 aliphatic heterocycles. The van der Waals surface area contributed by atoms with Crippen molar-refractivity contribution in [2.24, 2.45) is 5.73 Å². The predicted molar refractivity (Wildman–Crippen MR) is 75.9 cm³/mol. The third-order valence-corrected chi connectivity index (χ3v) is 4.59. The van der Waals surface area contributed by atoms with Gasteiger partial charge in [-0.1, -0.05) is 30.7 Å². The van der Waals surface area contributed by atoms with Crippen LogP contribution in [0.4, 0.5) is 0 Å². The van der Waals surface area contributed by atoms with Gasteiger partial charge in [-0.05, 0) is 36.8 Å². The van der Waals surface area contributed by atoms with Crippen molar-refractivity contribution in [1.29, 1.82) is 0 Å². The molecule has 0 radical (unpaired) electrons. The maximum absolute atomic E-state index is 6.30. The van der Waals surface area contributed by atoms with Crippen LogP contribution in [0.25, 0.3) is 0 Å². The van der Waals surface area contributed by atoms with Gasteiger partial charge in [0.15, 0.2) is 0 Å². The summed E-state index contributed by atoms with van der Waals surface area (Å²) in [6, 6.07) is 8.65. The van der Waals surface area contributed by atoms with Crippen molar-refractivity contribution in [2.75, 3.05) is 0 Å². The topological polar surface area (TPSA) is 38.9 Å². The van der Waals surface area contributed by atoms with Crippen molar-refractivity contribution >= 4 is 11.3 Å². The molecule has 1 fully saturated rings. The van der Waals surface area contributed by atoms with Crippen molar-refractivity contribution in [3.63, 3.8) is 0 Å². The van der Waals surface area contributed by atoms with Crippen molar-refractivity contribution in [3.8, 4) is 0 Å². The van der Waals surface area contributed by atoms with Gasteiger partial charge in [0, 0.05) is 5.38 Å². The molecule has 0 saturated heterocycles. The van der Waals surface area contributed by atoms with Gasteiger partial charge in [0.1, 0.15) is 0 Å². The molecule has 3 rings (SSSR count). The lowest BCUT2D eigenvalue weighted by molar-refractivity contribution is 0.419. The van der Waals surface area contributed by atoms with Gasteiger partial charge in [-0.15, -0.1) is 11.3 Å². The van der Waals surface area contributed by atoms with E-state index in [4.69, 9.17) is 5.73 Å². The second kappa shape index (κ2) is 4.82. The fraction of sp³-hybridized carbons (Fsp3) is 0.400. The van der Waals surface area contributed by atoms with Gasteiger partial charge < -0.3 is 5.73 Å². The third kappa shape index (κ3) is 2.20. The number of hydrogen-bond donors (Lipinski definition) is 1. The van der Waals surface area contributed by atoms with E-state index in [1.165, 1.54) is 30.4 Å². The van der Waals surface area contributed by atoms with Crippen LogP contribution >= 0.6 is 11.3 Å². The van der Waals surface area contributed by atoms with Gasteiger partial charge in [0.25, 0.3) is 0 Å². The van der Waals surface area contributed by atoms with Crippen LogP contribution in [0.5, 0.6) is 0 Å².